The molecule has 5 nitrogen and oxygen atoms in total. The second-order valence-corrected chi connectivity index (χ2v) is 6.89. The number of pyridine rings is 1. The van der Waals surface area contributed by atoms with Crippen molar-refractivity contribution in [2.75, 3.05) is 11.9 Å². The Bertz CT molecular complexity index is 517. The largest absolute Gasteiger partial charge is 0.370 e. The van der Waals surface area contributed by atoms with Crippen molar-refractivity contribution < 1.29 is 8.42 Å². The summed E-state index contributed by atoms with van der Waals surface area (Å²) in [5.41, 5.74) is 0. The van der Waals surface area contributed by atoms with E-state index in [4.69, 9.17) is 0 Å². The third kappa shape index (κ3) is 5.09. The Kier molecular flexibility index (Phi) is 6.42. The molecule has 1 aromatic heterocycles. The first-order chi connectivity index (χ1) is 9.39. The minimum absolute atomic E-state index is 0.0781. The number of aromatic nitrogens is 1. The highest BCUT2D eigenvalue weighted by Crippen LogP contribution is 2.15. The molecule has 2 atom stereocenters. The summed E-state index contributed by atoms with van der Waals surface area (Å²) in [6.07, 6.45) is 3.39. The highest BCUT2D eigenvalue weighted by atomic mass is 32.2. The van der Waals surface area contributed by atoms with E-state index in [1.807, 2.05) is 13.8 Å². The fraction of sp³-hybridized carbons (Fsp3) is 0.643. The first-order valence-corrected chi connectivity index (χ1v) is 8.59. The quantitative estimate of drug-likeness (QED) is 0.774. The molecular formula is C14H25N3O2S. The topological polar surface area (TPSA) is 71.1 Å². The summed E-state index contributed by atoms with van der Waals surface area (Å²) in [5, 5.41) is 3.01. The smallest absolute Gasteiger partial charge is 0.240 e. The summed E-state index contributed by atoms with van der Waals surface area (Å²) in [6.45, 7) is 8.78. The second-order valence-electron chi connectivity index (χ2n) is 5.18. The van der Waals surface area contributed by atoms with Crippen molar-refractivity contribution in [1.82, 2.24) is 9.71 Å². The van der Waals surface area contributed by atoms with E-state index in [-0.39, 0.29) is 10.9 Å². The van der Waals surface area contributed by atoms with Crippen LogP contribution in [0.5, 0.6) is 0 Å². The third-order valence-corrected chi connectivity index (χ3v) is 4.80. The minimum Gasteiger partial charge on any atom is -0.370 e. The molecule has 1 rings (SSSR count). The minimum atomic E-state index is -3.48. The SMILES string of the molecule is CCNc1cc(S(=O)(=O)NC(C)CC(C)CC)ccn1. The Balaban J connectivity index is 2.80. The van der Waals surface area contributed by atoms with Crippen LogP contribution < -0.4 is 10.0 Å². The Hall–Kier alpha value is -1.14. The molecule has 0 aliphatic heterocycles. The van der Waals surface area contributed by atoms with Gasteiger partial charge < -0.3 is 5.32 Å². The van der Waals surface area contributed by atoms with Gasteiger partial charge in [-0.25, -0.2) is 18.1 Å². The predicted octanol–water partition coefficient (Wildman–Crippen LogP) is 2.62. The van der Waals surface area contributed by atoms with Gasteiger partial charge in [0.15, 0.2) is 0 Å². The Morgan fingerprint density at radius 2 is 2.00 bits per heavy atom. The number of nitrogens with zero attached hydrogens (tertiary/aromatic N) is 1. The van der Waals surface area contributed by atoms with E-state index in [0.717, 1.165) is 12.8 Å². The molecule has 0 aliphatic rings. The van der Waals surface area contributed by atoms with Gasteiger partial charge in [-0.3, -0.25) is 0 Å². The van der Waals surface area contributed by atoms with Crippen LogP contribution in [0, 0.1) is 5.92 Å². The number of anilines is 1. The fourth-order valence-corrected chi connectivity index (χ4v) is 3.28. The van der Waals surface area contributed by atoms with Crippen LogP contribution in [0.4, 0.5) is 5.82 Å². The molecule has 0 radical (unpaired) electrons. The van der Waals surface area contributed by atoms with Crippen molar-refractivity contribution in [3.8, 4) is 0 Å². The molecule has 0 bridgehead atoms. The predicted molar refractivity (Wildman–Crippen MR) is 82.3 cm³/mol. The molecule has 0 aromatic carbocycles. The van der Waals surface area contributed by atoms with Gasteiger partial charge in [0.1, 0.15) is 5.82 Å². The maximum Gasteiger partial charge on any atom is 0.240 e. The zero-order chi connectivity index (χ0) is 15.2. The zero-order valence-electron chi connectivity index (χ0n) is 12.7. The normalized spacial score (nSPS) is 14.8. The second kappa shape index (κ2) is 7.59. The molecule has 0 saturated carbocycles. The number of sulfonamides is 1. The molecule has 20 heavy (non-hydrogen) atoms. The van der Waals surface area contributed by atoms with Crippen molar-refractivity contribution in [2.24, 2.45) is 5.92 Å². The third-order valence-electron chi connectivity index (χ3n) is 3.21. The lowest BCUT2D eigenvalue weighted by molar-refractivity contribution is 0.445. The summed E-state index contributed by atoms with van der Waals surface area (Å²) in [5.74, 6) is 1.08. The number of hydrogen-bond acceptors (Lipinski definition) is 4. The maximum atomic E-state index is 12.3. The molecule has 1 heterocycles. The van der Waals surface area contributed by atoms with Gasteiger partial charge in [-0.15, -0.1) is 0 Å². The molecule has 0 fully saturated rings. The maximum absolute atomic E-state index is 12.3. The van der Waals surface area contributed by atoms with Crippen LogP contribution in [0.1, 0.15) is 40.5 Å². The van der Waals surface area contributed by atoms with E-state index in [2.05, 4.69) is 28.9 Å². The monoisotopic (exact) mass is 299 g/mol. The average Bonchev–Trinajstić information content (AvgIpc) is 2.38. The van der Waals surface area contributed by atoms with Crippen molar-refractivity contribution in [3.63, 3.8) is 0 Å². The highest BCUT2D eigenvalue weighted by molar-refractivity contribution is 7.89. The van der Waals surface area contributed by atoms with E-state index in [1.165, 1.54) is 12.3 Å². The van der Waals surface area contributed by atoms with Gasteiger partial charge in [0, 0.05) is 24.8 Å². The number of rotatable bonds is 8. The van der Waals surface area contributed by atoms with E-state index in [1.54, 1.807) is 6.07 Å². The molecule has 0 saturated heterocycles. The van der Waals surface area contributed by atoms with Crippen molar-refractivity contribution in [2.45, 2.75) is 51.5 Å². The molecule has 0 aliphatic carbocycles. The molecule has 1 aromatic rings. The van der Waals surface area contributed by atoms with Gasteiger partial charge >= 0.3 is 0 Å². The van der Waals surface area contributed by atoms with Crippen molar-refractivity contribution >= 4 is 15.8 Å². The summed E-state index contributed by atoms with van der Waals surface area (Å²) >= 11 is 0. The summed E-state index contributed by atoms with van der Waals surface area (Å²) < 4.78 is 27.3. The molecule has 2 unspecified atom stereocenters. The molecule has 0 spiro atoms. The lowest BCUT2D eigenvalue weighted by atomic mass is 10.0. The van der Waals surface area contributed by atoms with Gasteiger partial charge in [-0.1, -0.05) is 20.3 Å². The molecular weight excluding hydrogens is 274 g/mol. The van der Waals surface area contributed by atoms with Gasteiger partial charge in [-0.05, 0) is 32.3 Å². The van der Waals surface area contributed by atoms with Crippen LogP contribution in [0.3, 0.4) is 0 Å². The Labute approximate surface area is 122 Å². The zero-order valence-corrected chi connectivity index (χ0v) is 13.5. The van der Waals surface area contributed by atoms with E-state index in [9.17, 15) is 8.42 Å². The van der Waals surface area contributed by atoms with Crippen molar-refractivity contribution in [1.29, 1.82) is 0 Å². The van der Waals surface area contributed by atoms with Crippen LogP contribution in [-0.2, 0) is 10.0 Å². The fourth-order valence-electron chi connectivity index (χ4n) is 2.01. The summed E-state index contributed by atoms with van der Waals surface area (Å²) in [4.78, 5) is 4.33. The first kappa shape index (κ1) is 16.9. The van der Waals surface area contributed by atoms with Crippen LogP contribution in [0.2, 0.25) is 0 Å². The van der Waals surface area contributed by atoms with Gasteiger partial charge in [-0.2, -0.15) is 0 Å². The van der Waals surface area contributed by atoms with Crippen molar-refractivity contribution in [3.05, 3.63) is 18.3 Å². The average molecular weight is 299 g/mol. The summed E-state index contributed by atoms with van der Waals surface area (Å²) in [6, 6.07) is 2.99. The van der Waals surface area contributed by atoms with Crippen LogP contribution in [0.15, 0.2) is 23.2 Å². The number of nitrogens with one attached hydrogen (secondary N) is 2. The number of hydrogen-bond donors (Lipinski definition) is 2. The Morgan fingerprint density at radius 3 is 2.60 bits per heavy atom. The van der Waals surface area contributed by atoms with Crippen LogP contribution >= 0.6 is 0 Å². The van der Waals surface area contributed by atoms with E-state index < -0.39 is 10.0 Å². The molecule has 114 valence electrons. The van der Waals surface area contributed by atoms with Gasteiger partial charge in [0.2, 0.25) is 10.0 Å². The molecule has 0 amide bonds. The molecule has 2 N–H and O–H groups in total. The lowest BCUT2D eigenvalue weighted by Crippen LogP contribution is -2.33. The molecule has 6 heteroatoms. The Morgan fingerprint density at radius 1 is 1.30 bits per heavy atom. The van der Waals surface area contributed by atoms with Gasteiger partial charge in [0.25, 0.3) is 0 Å². The van der Waals surface area contributed by atoms with Crippen LogP contribution in [0.25, 0.3) is 0 Å². The van der Waals surface area contributed by atoms with E-state index in [0.29, 0.717) is 18.3 Å². The van der Waals surface area contributed by atoms with Crippen LogP contribution in [-0.4, -0.2) is 26.0 Å². The first-order valence-electron chi connectivity index (χ1n) is 7.11. The highest BCUT2D eigenvalue weighted by Gasteiger charge is 2.19. The standard InChI is InChI=1S/C14H25N3O2S/c1-5-11(3)9-12(4)17-20(18,19)13-7-8-16-14(10-13)15-6-2/h7-8,10-12,17H,5-6,9H2,1-4H3,(H,15,16). The summed E-state index contributed by atoms with van der Waals surface area (Å²) in [7, 11) is -3.48. The lowest BCUT2D eigenvalue weighted by Gasteiger charge is -2.17. The van der Waals surface area contributed by atoms with Gasteiger partial charge in [0.05, 0.1) is 4.90 Å². The van der Waals surface area contributed by atoms with E-state index >= 15 is 0 Å².